The molecule has 1 unspecified atom stereocenters. The van der Waals surface area contributed by atoms with Gasteiger partial charge in [0.1, 0.15) is 17.5 Å². The molecule has 0 heterocycles. The van der Waals surface area contributed by atoms with Gasteiger partial charge in [-0.1, -0.05) is 23.7 Å². The van der Waals surface area contributed by atoms with Crippen LogP contribution in [-0.4, -0.2) is 43.0 Å². The van der Waals surface area contributed by atoms with Crippen LogP contribution in [0.3, 0.4) is 0 Å². The van der Waals surface area contributed by atoms with E-state index >= 15 is 0 Å². The van der Waals surface area contributed by atoms with Crippen molar-refractivity contribution >= 4 is 23.4 Å². The minimum Gasteiger partial charge on any atom is -0.497 e. The van der Waals surface area contributed by atoms with Crippen molar-refractivity contribution in [1.82, 2.24) is 10.2 Å². The van der Waals surface area contributed by atoms with Gasteiger partial charge in [-0.3, -0.25) is 9.59 Å². The van der Waals surface area contributed by atoms with Gasteiger partial charge < -0.3 is 19.7 Å². The molecule has 28 heavy (non-hydrogen) atoms. The van der Waals surface area contributed by atoms with Crippen molar-refractivity contribution in [3.05, 3.63) is 59.1 Å². The number of carbonyl (C=O) groups excluding carboxylic acids is 2. The van der Waals surface area contributed by atoms with E-state index in [1.165, 1.54) is 4.90 Å². The predicted molar refractivity (Wildman–Crippen MR) is 109 cm³/mol. The highest BCUT2D eigenvalue weighted by Crippen LogP contribution is 2.17. The lowest BCUT2D eigenvalue weighted by Gasteiger charge is -2.28. The average Bonchev–Trinajstić information content (AvgIpc) is 2.71. The molecule has 6 nitrogen and oxygen atoms in total. The van der Waals surface area contributed by atoms with Crippen molar-refractivity contribution in [2.45, 2.75) is 26.4 Å². The van der Waals surface area contributed by atoms with Crippen molar-refractivity contribution in [2.24, 2.45) is 0 Å². The zero-order valence-corrected chi connectivity index (χ0v) is 17.0. The zero-order chi connectivity index (χ0) is 20.5. The van der Waals surface area contributed by atoms with Crippen molar-refractivity contribution in [1.29, 1.82) is 0 Å². The molecule has 0 aliphatic carbocycles. The van der Waals surface area contributed by atoms with Crippen LogP contribution in [0.2, 0.25) is 5.02 Å². The first-order valence-electron chi connectivity index (χ1n) is 9.03. The number of nitrogens with zero attached hydrogens (tertiary/aromatic N) is 1. The number of nitrogens with one attached hydrogen (secondary N) is 1. The van der Waals surface area contributed by atoms with Crippen LogP contribution in [0.4, 0.5) is 0 Å². The standard InChI is InChI=1S/C21H25ClN2O4/c1-4-23-21(26)15(2)24(13-16-5-9-18(27-3)10-6-16)20(25)14-28-19-11-7-17(22)8-12-19/h5-12,15H,4,13-14H2,1-3H3,(H,23,26). The zero-order valence-electron chi connectivity index (χ0n) is 16.3. The fraction of sp³-hybridized carbons (Fsp3) is 0.333. The normalized spacial score (nSPS) is 11.4. The molecular formula is C21H25ClN2O4. The maximum absolute atomic E-state index is 12.8. The fourth-order valence-electron chi connectivity index (χ4n) is 2.59. The second-order valence-electron chi connectivity index (χ2n) is 6.18. The number of methoxy groups -OCH3 is 1. The largest absolute Gasteiger partial charge is 0.497 e. The number of halogens is 1. The highest BCUT2D eigenvalue weighted by molar-refractivity contribution is 6.30. The first-order chi connectivity index (χ1) is 13.4. The number of rotatable bonds is 9. The molecule has 0 fully saturated rings. The van der Waals surface area contributed by atoms with E-state index in [2.05, 4.69) is 5.32 Å². The molecule has 0 saturated heterocycles. The molecule has 1 atom stereocenters. The maximum atomic E-state index is 12.8. The van der Waals surface area contributed by atoms with E-state index in [1.807, 2.05) is 31.2 Å². The highest BCUT2D eigenvalue weighted by atomic mass is 35.5. The minimum absolute atomic E-state index is 0.179. The first kappa shape index (κ1) is 21.6. The summed E-state index contributed by atoms with van der Waals surface area (Å²) in [5.74, 6) is 0.762. The lowest BCUT2D eigenvalue weighted by atomic mass is 10.1. The number of likely N-dealkylation sites (N-methyl/N-ethyl adjacent to an activating group) is 1. The van der Waals surface area contributed by atoms with E-state index in [0.717, 1.165) is 11.3 Å². The number of benzene rings is 2. The van der Waals surface area contributed by atoms with Gasteiger partial charge in [0.2, 0.25) is 5.91 Å². The van der Waals surface area contributed by atoms with Crippen LogP contribution in [-0.2, 0) is 16.1 Å². The summed E-state index contributed by atoms with van der Waals surface area (Å²) in [4.78, 5) is 26.6. The Morgan fingerprint density at radius 1 is 1.07 bits per heavy atom. The number of ether oxygens (including phenoxy) is 2. The summed E-state index contributed by atoms with van der Waals surface area (Å²) < 4.78 is 10.7. The average molecular weight is 405 g/mol. The Bertz CT molecular complexity index is 778. The summed E-state index contributed by atoms with van der Waals surface area (Å²) in [5.41, 5.74) is 0.886. The number of amides is 2. The predicted octanol–water partition coefficient (Wildman–Crippen LogP) is 3.28. The van der Waals surface area contributed by atoms with Gasteiger partial charge in [-0.25, -0.2) is 0 Å². The molecular weight excluding hydrogens is 380 g/mol. The third kappa shape index (κ3) is 6.16. The Balaban J connectivity index is 2.11. The van der Waals surface area contributed by atoms with E-state index in [4.69, 9.17) is 21.1 Å². The summed E-state index contributed by atoms with van der Waals surface area (Å²) in [7, 11) is 1.59. The van der Waals surface area contributed by atoms with Gasteiger partial charge in [0.15, 0.2) is 6.61 Å². The second-order valence-corrected chi connectivity index (χ2v) is 6.62. The Hall–Kier alpha value is -2.73. The lowest BCUT2D eigenvalue weighted by Crippen LogP contribution is -2.49. The molecule has 2 aromatic rings. The van der Waals surface area contributed by atoms with E-state index in [0.29, 0.717) is 17.3 Å². The maximum Gasteiger partial charge on any atom is 0.261 e. The number of hydrogen-bond acceptors (Lipinski definition) is 4. The van der Waals surface area contributed by atoms with Crippen LogP contribution < -0.4 is 14.8 Å². The van der Waals surface area contributed by atoms with Gasteiger partial charge in [-0.05, 0) is 55.8 Å². The van der Waals surface area contributed by atoms with Gasteiger partial charge in [0.05, 0.1) is 7.11 Å². The molecule has 0 aliphatic rings. The highest BCUT2D eigenvalue weighted by Gasteiger charge is 2.26. The van der Waals surface area contributed by atoms with Gasteiger partial charge in [0, 0.05) is 18.1 Å². The van der Waals surface area contributed by atoms with Crippen molar-refractivity contribution in [3.63, 3.8) is 0 Å². The molecule has 2 amide bonds. The second kappa shape index (κ2) is 10.6. The fourth-order valence-corrected chi connectivity index (χ4v) is 2.72. The molecule has 7 heteroatoms. The van der Waals surface area contributed by atoms with E-state index in [-0.39, 0.29) is 25.0 Å². The topological polar surface area (TPSA) is 67.9 Å². The van der Waals surface area contributed by atoms with Crippen molar-refractivity contribution in [3.8, 4) is 11.5 Å². The van der Waals surface area contributed by atoms with Crippen LogP contribution in [0.25, 0.3) is 0 Å². The molecule has 0 spiro atoms. The van der Waals surface area contributed by atoms with E-state index in [9.17, 15) is 9.59 Å². The molecule has 0 saturated carbocycles. The number of hydrogen-bond donors (Lipinski definition) is 1. The molecule has 150 valence electrons. The molecule has 2 aromatic carbocycles. The van der Waals surface area contributed by atoms with Crippen LogP contribution in [0.1, 0.15) is 19.4 Å². The molecule has 0 aromatic heterocycles. The Kier molecular flexibility index (Phi) is 8.14. The third-order valence-corrected chi connectivity index (χ3v) is 4.46. The molecule has 1 N–H and O–H groups in total. The Morgan fingerprint density at radius 3 is 2.25 bits per heavy atom. The Morgan fingerprint density at radius 2 is 1.68 bits per heavy atom. The quantitative estimate of drug-likeness (QED) is 0.696. The van der Waals surface area contributed by atoms with Gasteiger partial charge in [-0.15, -0.1) is 0 Å². The van der Waals surface area contributed by atoms with Crippen LogP contribution in [0, 0.1) is 0 Å². The summed E-state index contributed by atoms with van der Waals surface area (Å²) in [6.07, 6.45) is 0. The summed E-state index contributed by atoms with van der Waals surface area (Å²) in [5, 5.41) is 3.34. The van der Waals surface area contributed by atoms with Gasteiger partial charge in [0.25, 0.3) is 5.91 Å². The van der Waals surface area contributed by atoms with Crippen LogP contribution in [0.5, 0.6) is 11.5 Å². The summed E-state index contributed by atoms with van der Waals surface area (Å²) in [6, 6.07) is 13.5. The smallest absolute Gasteiger partial charge is 0.261 e. The van der Waals surface area contributed by atoms with Crippen LogP contribution in [0.15, 0.2) is 48.5 Å². The van der Waals surface area contributed by atoms with E-state index in [1.54, 1.807) is 38.3 Å². The van der Waals surface area contributed by atoms with Crippen molar-refractivity contribution in [2.75, 3.05) is 20.3 Å². The molecule has 0 aliphatic heterocycles. The summed E-state index contributed by atoms with van der Waals surface area (Å²) >= 11 is 5.86. The van der Waals surface area contributed by atoms with Gasteiger partial charge in [-0.2, -0.15) is 0 Å². The lowest BCUT2D eigenvalue weighted by molar-refractivity contribution is -0.142. The van der Waals surface area contributed by atoms with Gasteiger partial charge >= 0.3 is 0 Å². The SMILES string of the molecule is CCNC(=O)C(C)N(Cc1ccc(OC)cc1)C(=O)COc1ccc(Cl)cc1. The van der Waals surface area contributed by atoms with Crippen LogP contribution >= 0.6 is 11.6 Å². The molecule has 0 bridgehead atoms. The monoisotopic (exact) mass is 404 g/mol. The molecule has 2 rings (SSSR count). The molecule has 0 radical (unpaired) electrons. The van der Waals surface area contributed by atoms with E-state index < -0.39 is 6.04 Å². The van der Waals surface area contributed by atoms with Crippen molar-refractivity contribution < 1.29 is 19.1 Å². The Labute approximate surface area is 170 Å². The number of carbonyl (C=O) groups is 2. The summed E-state index contributed by atoms with van der Waals surface area (Å²) in [6.45, 7) is 4.14. The first-order valence-corrected chi connectivity index (χ1v) is 9.40. The minimum atomic E-state index is -0.636. The third-order valence-electron chi connectivity index (χ3n) is 4.21.